The van der Waals surface area contributed by atoms with Gasteiger partial charge in [0.2, 0.25) is 5.88 Å². The zero-order chi connectivity index (χ0) is 15.9. The number of nitrogens with zero attached hydrogens (tertiary/aromatic N) is 4. The SMILES string of the molecule is COc1c(CNCCNc2ncccc2C#N)c(C)nn1C. The number of aryl methyl sites for hydroxylation is 2. The Labute approximate surface area is 129 Å². The second-order valence-electron chi connectivity index (χ2n) is 4.81. The molecule has 7 nitrogen and oxygen atoms in total. The molecule has 0 saturated heterocycles. The Balaban J connectivity index is 1.82. The standard InChI is InChI=1S/C15H20N6O/c1-11-13(15(22-3)21(2)20-11)10-17-7-8-19-14-12(9-16)5-4-6-18-14/h4-6,17H,7-8,10H2,1-3H3,(H,18,19). The van der Waals surface area contributed by atoms with Gasteiger partial charge in [-0.1, -0.05) is 0 Å². The van der Waals surface area contributed by atoms with Gasteiger partial charge in [0, 0.05) is 32.9 Å². The van der Waals surface area contributed by atoms with Gasteiger partial charge in [-0.2, -0.15) is 10.4 Å². The van der Waals surface area contributed by atoms with Gasteiger partial charge in [-0.3, -0.25) is 0 Å². The third-order valence-corrected chi connectivity index (χ3v) is 3.31. The molecule has 0 atom stereocenters. The third kappa shape index (κ3) is 3.54. The number of hydrogen-bond donors (Lipinski definition) is 2. The normalized spacial score (nSPS) is 10.3. The van der Waals surface area contributed by atoms with E-state index in [4.69, 9.17) is 10.00 Å². The first-order valence-corrected chi connectivity index (χ1v) is 7.03. The first-order valence-electron chi connectivity index (χ1n) is 7.03. The number of anilines is 1. The maximum atomic E-state index is 8.99. The highest BCUT2D eigenvalue weighted by atomic mass is 16.5. The highest BCUT2D eigenvalue weighted by molar-refractivity contribution is 5.51. The van der Waals surface area contributed by atoms with Crippen LogP contribution in [-0.2, 0) is 13.6 Å². The van der Waals surface area contributed by atoms with Gasteiger partial charge in [0.15, 0.2) is 0 Å². The lowest BCUT2D eigenvalue weighted by Crippen LogP contribution is -2.22. The molecule has 0 bridgehead atoms. The highest BCUT2D eigenvalue weighted by Gasteiger charge is 2.12. The average Bonchev–Trinajstić information content (AvgIpc) is 2.80. The van der Waals surface area contributed by atoms with E-state index in [1.54, 1.807) is 30.1 Å². The van der Waals surface area contributed by atoms with E-state index in [2.05, 4.69) is 26.8 Å². The average molecular weight is 300 g/mol. The van der Waals surface area contributed by atoms with Crippen LogP contribution in [-0.4, -0.2) is 35.0 Å². The van der Waals surface area contributed by atoms with Crippen LogP contribution in [0.1, 0.15) is 16.8 Å². The minimum Gasteiger partial charge on any atom is -0.481 e. The summed E-state index contributed by atoms with van der Waals surface area (Å²) in [5.41, 5.74) is 2.56. The lowest BCUT2D eigenvalue weighted by atomic mass is 10.2. The molecule has 0 aliphatic carbocycles. The quantitative estimate of drug-likeness (QED) is 0.747. The van der Waals surface area contributed by atoms with Crippen LogP contribution in [0.4, 0.5) is 5.82 Å². The van der Waals surface area contributed by atoms with Gasteiger partial charge >= 0.3 is 0 Å². The van der Waals surface area contributed by atoms with Gasteiger partial charge in [0.25, 0.3) is 0 Å². The summed E-state index contributed by atoms with van der Waals surface area (Å²) < 4.78 is 7.09. The van der Waals surface area contributed by atoms with Gasteiger partial charge in [-0.25, -0.2) is 9.67 Å². The van der Waals surface area contributed by atoms with Gasteiger partial charge in [-0.05, 0) is 19.1 Å². The largest absolute Gasteiger partial charge is 0.481 e. The van der Waals surface area contributed by atoms with Crippen molar-refractivity contribution in [3.8, 4) is 11.9 Å². The van der Waals surface area contributed by atoms with Crippen molar-refractivity contribution in [2.45, 2.75) is 13.5 Å². The van der Waals surface area contributed by atoms with Crippen molar-refractivity contribution in [2.75, 3.05) is 25.5 Å². The molecular weight excluding hydrogens is 280 g/mol. The molecule has 0 aliphatic heterocycles. The predicted octanol–water partition coefficient (Wildman–Crippen LogP) is 1.21. The van der Waals surface area contributed by atoms with Crippen LogP contribution in [0.3, 0.4) is 0 Å². The molecule has 0 saturated carbocycles. The second-order valence-corrected chi connectivity index (χ2v) is 4.81. The van der Waals surface area contributed by atoms with E-state index in [9.17, 15) is 0 Å². The summed E-state index contributed by atoms with van der Waals surface area (Å²) in [5.74, 6) is 1.39. The van der Waals surface area contributed by atoms with Crippen LogP contribution in [0.25, 0.3) is 0 Å². The number of methoxy groups -OCH3 is 1. The smallest absolute Gasteiger partial charge is 0.216 e. The van der Waals surface area contributed by atoms with Crippen LogP contribution < -0.4 is 15.4 Å². The summed E-state index contributed by atoms with van der Waals surface area (Å²) in [5, 5.41) is 19.8. The molecule has 2 aromatic rings. The fourth-order valence-electron chi connectivity index (χ4n) is 2.26. The molecular formula is C15H20N6O. The number of ether oxygens (including phenoxy) is 1. The Hall–Kier alpha value is -2.59. The topological polar surface area (TPSA) is 87.8 Å². The molecule has 2 heterocycles. The van der Waals surface area contributed by atoms with Crippen LogP contribution >= 0.6 is 0 Å². The van der Waals surface area contributed by atoms with E-state index in [0.717, 1.165) is 23.7 Å². The molecule has 0 amide bonds. The molecule has 116 valence electrons. The van der Waals surface area contributed by atoms with Crippen molar-refractivity contribution in [1.82, 2.24) is 20.1 Å². The first-order chi connectivity index (χ1) is 10.7. The highest BCUT2D eigenvalue weighted by Crippen LogP contribution is 2.20. The van der Waals surface area contributed by atoms with Gasteiger partial charge in [0.05, 0.1) is 23.9 Å². The Morgan fingerprint density at radius 2 is 2.23 bits per heavy atom. The number of rotatable bonds is 7. The van der Waals surface area contributed by atoms with Crippen molar-refractivity contribution >= 4 is 5.82 Å². The lowest BCUT2D eigenvalue weighted by Gasteiger charge is -2.09. The van der Waals surface area contributed by atoms with Gasteiger partial charge in [0.1, 0.15) is 11.9 Å². The van der Waals surface area contributed by atoms with Crippen molar-refractivity contribution in [1.29, 1.82) is 5.26 Å². The number of nitrogens with one attached hydrogen (secondary N) is 2. The van der Waals surface area contributed by atoms with E-state index < -0.39 is 0 Å². The van der Waals surface area contributed by atoms with Crippen molar-refractivity contribution in [3.05, 3.63) is 35.2 Å². The van der Waals surface area contributed by atoms with Gasteiger partial charge in [-0.15, -0.1) is 0 Å². The number of pyridine rings is 1. The minimum absolute atomic E-state index is 0.548. The minimum atomic E-state index is 0.548. The summed E-state index contributed by atoms with van der Waals surface area (Å²) in [6.07, 6.45) is 1.67. The Bertz CT molecular complexity index is 673. The summed E-state index contributed by atoms with van der Waals surface area (Å²) >= 11 is 0. The zero-order valence-electron chi connectivity index (χ0n) is 13.1. The lowest BCUT2D eigenvalue weighted by molar-refractivity contribution is 0.368. The fraction of sp³-hybridized carbons (Fsp3) is 0.400. The molecule has 0 aliphatic rings. The second kappa shape index (κ2) is 7.43. The molecule has 2 rings (SSSR count). The van der Waals surface area contributed by atoms with E-state index >= 15 is 0 Å². The molecule has 7 heteroatoms. The monoisotopic (exact) mass is 300 g/mol. The van der Waals surface area contributed by atoms with Crippen molar-refractivity contribution < 1.29 is 4.74 Å². The maximum Gasteiger partial charge on any atom is 0.216 e. The predicted molar refractivity (Wildman–Crippen MR) is 83.6 cm³/mol. The Kier molecular flexibility index (Phi) is 5.33. The van der Waals surface area contributed by atoms with E-state index in [1.165, 1.54) is 0 Å². The first kappa shape index (κ1) is 15.8. The van der Waals surface area contributed by atoms with Crippen LogP contribution in [0.2, 0.25) is 0 Å². The van der Waals surface area contributed by atoms with Crippen molar-refractivity contribution in [3.63, 3.8) is 0 Å². The molecule has 0 spiro atoms. The van der Waals surface area contributed by atoms with Crippen LogP contribution in [0, 0.1) is 18.3 Å². The van der Waals surface area contributed by atoms with Gasteiger partial charge < -0.3 is 15.4 Å². The summed E-state index contributed by atoms with van der Waals surface area (Å²) in [6, 6.07) is 5.61. The van der Waals surface area contributed by atoms with Crippen LogP contribution in [0.15, 0.2) is 18.3 Å². The van der Waals surface area contributed by atoms with E-state index in [1.807, 2.05) is 14.0 Å². The fourth-order valence-corrected chi connectivity index (χ4v) is 2.26. The third-order valence-electron chi connectivity index (χ3n) is 3.31. The molecule has 22 heavy (non-hydrogen) atoms. The maximum absolute atomic E-state index is 8.99. The molecule has 0 fully saturated rings. The summed E-state index contributed by atoms with van der Waals surface area (Å²) in [6.45, 7) is 4.05. The number of nitriles is 1. The van der Waals surface area contributed by atoms with E-state index in [-0.39, 0.29) is 0 Å². The van der Waals surface area contributed by atoms with E-state index in [0.29, 0.717) is 24.5 Å². The Morgan fingerprint density at radius 1 is 1.41 bits per heavy atom. The molecule has 0 unspecified atom stereocenters. The molecule has 2 aromatic heterocycles. The molecule has 0 radical (unpaired) electrons. The summed E-state index contributed by atoms with van der Waals surface area (Å²) in [4.78, 5) is 4.16. The molecule has 0 aromatic carbocycles. The molecule has 2 N–H and O–H groups in total. The van der Waals surface area contributed by atoms with Crippen LogP contribution in [0.5, 0.6) is 5.88 Å². The zero-order valence-corrected chi connectivity index (χ0v) is 13.1. The Morgan fingerprint density at radius 3 is 2.95 bits per heavy atom. The number of aromatic nitrogens is 3. The van der Waals surface area contributed by atoms with Crippen molar-refractivity contribution in [2.24, 2.45) is 7.05 Å². The summed E-state index contributed by atoms with van der Waals surface area (Å²) in [7, 11) is 3.51. The number of hydrogen-bond acceptors (Lipinski definition) is 6.